The van der Waals surface area contributed by atoms with Gasteiger partial charge in [-0.3, -0.25) is 4.57 Å². The van der Waals surface area contributed by atoms with Gasteiger partial charge in [-0.15, -0.1) is 0 Å². The minimum atomic E-state index is -1.07. The minimum Gasteiger partial charge on any atom is -0.476 e. The Morgan fingerprint density at radius 3 is 2.57 bits per heavy atom. The lowest BCUT2D eigenvalue weighted by atomic mass is 10.1. The zero-order chi connectivity index (χ0) is 16.6. The van der Waals surface area contributed by atoms with Gasteiger partial charge in [0.05, 0.1) is 10.7 Å². The number of aryl methyl sites for hydroxylation is 2. The summed E-state index contributed by atoms with van der Waals surface area (Å²) in [7, 11) is 0. The summed E-state index contributed by atoms with van der Waals surface area (Å²) < 4.78 is 1.78. The van der Waals surface area contributed by atoms with Crippen molar-refractivity contribution in [1.82, 2.24) is 9.55 Å². The summed E-state index contributed by atoms with van der Waals surface area (Å²) in [5, 5.41) is 9.82. The highest BCUT2D eigenvalue weighted by molar-refractivity contribution is 6.33. The molecule has 0 aliphatic heterocycles. The third-order valence-corrected chi connectivity index (χ3v) is 3.98. The number of carboxylic acid groups (broad SMARTS) is 1. The normalized spacial score (nSPS) is 10.7. The lowest BCUT2D eigenvalue weighted by Gasteiger charge is -2.12. The third kappa shape index (κ3) is 2.85. The van der Waals surface area contributed by atoms with Crippen LogP contribution in [-0.4, -0.2) is 20.6 Å². The smallest absolute Gasteiger partial charge is 0.356 e. The largest absolute Gasteiger partial charge is 0.476 e. The van der Waals surface area contributed by atoms with Crippen LogP contribution in [0.3, 0.4) is 0 Å². The van der Waals surface area contributed by atoms with E-state index in [0.717, 1.165) is 16.8 Å². The zero-order valence-electron chi connectivity index (χ0n) is 12.7. The van der Waals surface area contributed by atoms with Gasteiger partial charge in [0.2, 0.25) is 0 Å². The maximum Gasteiger partial charge on any atom is 0.356 e. The number of imidazole rings is 1. The summed E-state index contributed by atoms with van der Waals surface area (Å²) in [5.74, 6) is -0.554. The van der Waals surface area contributed by atoms with Crippen LogP contribution in [0.5, 0.6) is 0 Å². The molecule has 0 aliphatic carbocycles. The van der Waals surface area contributed by atoms with Crippen LogP contribution in [0.2, 0.25) is 5.02 Å². The van der Waals surface area contributed by atoms with Gasteiger partial charge in [-0.05, 0) is 37.6 Å². The molecule has 2 aromatic carbocycles. The average Bonchev–Trinajstić information content (AvgIpc) is 2.92. The highest BCUT2D eigenvalue weighted by Crippen LogP contribution is 2.30. The number of benzene rings is 2. The number of nitrogens with zero attached hydrogens (tertiary/aromatic N) is 2. The van der Waals surface area contributed by atoms with E-state index in [-0.39, 0.29) is 5.69 Å². The number of hydrogen-bond acceptors (Lipinski definition) is 2. The number of aromatic carboxylic acids is 1. The first-order chi connectivity index (χ1) is 11.0. The Balaban J connectivity index is 2.28. The number of hydrogen-bond donors (Lipinski definition) is 1. The number of carbonyl (C=O) groups is 1. The lowest BCUT2D eigenvalue weighted by molar-refractivity contribution is 0.0691. The van der Waals surface area contributed by atoms with E-state index in [9.17, 15) is 9.90 Å². The summed E-state index contributed by atoms with van der Waals surface area (Å²) >= 11 is 6.27. The molecular formula is C18H15ClN2O2. The first-order valence-electron chi connectivity index (χ1n) is 7.12. The molecule has 0 bridgehead atoms. The Bertz CT molecular complexity index is 900. The first kappa shape index (κ1) is 15.3. The van der Waals surface area contributed by atoms with Gasteiger partial charge >= 0.3 is 5.97 Å². The van der Waals surface area contributed by atoms with Gasteiger partial charge < -0.3 is 5.11 Å². The lowest BCUT2D eigenvalue weighted by Crippen LogP contribution is -1.99. The molecule has 0 unspecified atom stereocenters. The maximum absolute atomic E-state index is 11.3. The second-order valence-electron chi connectivity index (χ2n) is 5.39. The van der Waals surface area contributed by atoms with Crippen molar-refractivity contribution in [1.29, 1.82) is 0 Å². The SMILES string of the molecule is Cc1ccc(-n2cc(C(=O)O)nc2-c2ccccc2Cl)c(C)c1. The Hall–Kier alpha value is -2.59. The van der Waals surface area contributed by atoms with Crippen molar-refractivity contribution < 1.29 is 9.90 Å². The van der Waals surface area contributed by atoms with E-state index in [1.165, 1.54) is 6.20 Å². The molecule has 116 valence electrons. The zero-order valence-corrected chi connectivity index (χ0v) is 13.5. The van der Waals surface area contributed by atoms with Crippen molar-refractivity contribution in [3.05, 3.63) is 70.5 Å². The molecule has 1 aromatic heterocycles. The van der Waals surface area contributed by atoms with Gasteiger partial charge in [0.25, 0.3) is 0 Å². The Morgan fingerprint density at radius 2 is 1.91 bits per heavy atom. The number of carboxylic acids is 1. The summed E-state index contributed by atoms with van der Waals surface area (Å²) in [6.07, 6.45) is 1.53. The average molecular weight is 327 g/mol. The summed E-state index contributed by atoms with van der Waals surface area (Å²) in [6, 6.07) is 13.3. The molecule has 3 aromatic rings. The van der Waals surface area contributed by atoms with Crippen LogP contribution in [0.4, 0.5) is 0 Å². The topological polar surface area (TPSA) is 55.1 Å². The van der Waals surface area contributed by atoms with Crippen molar-refractivity contribution in [2.45, 2.75) is 13.8 Å². The highest BCUT2D eigenvalue weighted by Gasteiger charge is 2.18. The van der Waals surface area contributed by atoms with Gasteiger partial charge in [-0.25, -0.2) is 9.78 Å². The first-order valence-corrected chi connectivity index (χ1v) is 7.50. The molecular weight excluding hydrogens is 312 g/mol. The van der Waals surface area contributed by atoms with E-state index in [4.69, 9.17) is 11.6 Å². The minimum absolute atomic E-state index is 0.0140. The van der Waals surface area contributed by atoms with Crippen molar-refractivity contribution in [3.63, 3.8) is 0 Å². The van der Waals surface area contributed by atoms with Crippen LogP contribution in [0, 0.1) is 13.8 Å². The van der Waals surface area contributed by atoms with Crippen LogP contribution in [-0.2, 0) is 0 Å². The van der Waals surface area contributed by atoms with Gasteiger partial charge in [-0.2, -0.15) is 0 Å². The number of aromatic nitrogens is 2. The second-order valence-corrected chi connectivity index (χ2v) is 5.80. The van der Waals surface area contributed by atoms with Crippen molar-refractivity contribution in [3.8, 4) is 17.1 Å². The Kier molecular flexibility index (Phi) is 3.92. The predicted molar refractivity (Wildman–Crippen MR) is 90.4 cm³/mol. The quantitative estimate of drug-likeness (QED) is 0.770. The van der Waals surface area contributed by atoms with Crippen LogP contribution < -0.4 is 0 Å². The second kappa shape index (κ2) is 5.89. The van der Waals surface area contributed by atoms with Crippen molar-refractivity contribution in [2.24, 2.45) is 0 Å². The van der Waals surface area contributed by atoms with Crippen LogP contribution in [0.15, 0.2) is 48.7 Å². The predicted octanol–water partition coefficient (Wildman–Crippen LogP) is 4.51. The van der Waals surface area contributed by atoms with Crippen LogP contribution in [0.1, 0.15) is 21.6 Å². The molecule has 0 aliphatic rings. The van der Waals surface area contributed by atoms with Gasteiger partial charge in [0, 0.05) is 11.8 Å². The van der Waals surface area contributed by atoms with Crippen molar-refractivity contribution in [2.75, 3.05) is 0 Å². The van der Waals surface area contributed by atoms with Crippen molar-refractivity contribution >= 4 is 17.6 Å². The Labute approximate surface area is 139 Å². The third-order valence-electron chi connectivity index (χ3n) is 3.65. The summed E-state index contributed by atoms with van der Waals surface area (Å²) in [4.78, 5) is 15.6. The fourth-order valence-corrected chi connectivity index (χ4v) is 2.80. The monoisotopic (exact) mass is 326 g/mol. The van der Waals surface area contributed by atoms with Gasteiger partial charge in [0.1, 0.15) is 5.82 Å². The molecule has 0 spiro atoms. The van der Waals surface area contributed by atoms with E-state index >= 15 is 0 Å². The fraction of sp³-hybridized carbons (Fsp3) is 0.111. The van der Waals surface area contributed by atoms with Gasteiger partial charge in [-0.1, -0.05) is 41.4 Å². The molecule has 1 heterocycles. The molecule has 0 radical (unpaired) electrons. The molecule has 23 heavy (non-hydrogen) atoms. The summed E-state index contributed by atoms with van der Waals surface area (Å²) in [6.45, 7) is 4.00. The molecule has 4 nitrogen and oxygen atoms in total. The highest BCUT2D eigenvalue weighted by atomic mass is 35.5. The molecule has 0 saturated carbocycles. The fourth-order valence-electron chi connectivity index (χ4n) is 2.58. The maximum atomic E-state index is 11.3. The van der Waals surface area contributed by atoms with E-state index in [0.29, 0.717) is 16.4 Å². The van der Waals surface area contributed by atoms with E-state index in [1.54, 1.807) is 10.6 Å². The van der Waals surface area contributed by atoms with Gasteiger partial charge in [0.15, 0.2) is 5.69 Å². The molecule has 0 amide bonds. The van der Waals surface area contributed by atoms with Crippen LogP contribution in [0.25, 0.3) is 17.1 Å². The Morgan fingerprint density at radius 1 is 1.17 bits per heavy atom. The number of rotatable bonds is 3. The van der Waals surface area contributed by atoms with E-state index in [2.05, 4.69) is 4.98 Å². The molecule has 0 saturated heterocycles. The van der Waals surface area contributed by atoms with E-state index < -0.39 is 5.97 Å². The molecule has 0 atom stereocenters. The van der Waals surface area contributed by atoms with E-state index in [1.807, 2.05) is 50.2 Å². The van der Waals surface area contributed by atoms with Crippen LogP contribution >= 0.6 is 11.6 Å². The standard InChI is InChI=1S/C18H15ClN2O2/c1-11-7-8-16(12(2)9-11)21-10-15(18(22)23)20-17(21)13-5-3-4-6-14(13)19/h3-10H,1-2H3,(H,22,23). The molecule has 1 N–H and O–H groups in total. The molecule has 3 rings (SSSR count). The summed E-state index contributed by atoms with van der Waals surface area (Å²) in [5.41, 5.74) is 3.74. The molecule has 5 heteroatoms. The molecule has 0 fully saturated rings. The number of halogens is 1.